The van der Waals surface area contributed by atoms with Crippen LogP contribution in [0.4, 0.5) is 11.4 Å². The van der Waals surface area contributed by atoms with Gasteiger partial charge in [0.15, 0.2) is 0 Å². The summed E-state index contributed by atoms with van der Waals surface area (Å²) < 4.78 is 1.01. The lowest BCUT2D eigenvalue weighted by molar-refractivity contribution is -0.117. The first kappa shape index (κ1) is 11.4. The van der Waals surface area contributed by atoms with Crippen molar-refractivity contribution in [3.05, 3.63) is 22.7 Å². The molecular formula is C11H14BrN3O. The molecule has 16 heavy (non-hydrogen) atoms. The lowest BCUT2D eigenvalue weighted by atomic mass is 10.1. The average molecular weight is 284 g/mol. The predicted octanol–water partition coefficient (Wildman–Crippen LogP) is 1.19. The molecule has 2 rings (SSSR count). The fraction of sp³-hybridized carbons (Fsp3) is 0.364. The van der Waals surface area contributed by atoms with Gasteiger partial charge in [-0.3, -0.25) is 4.79 Å². The molecule has 1 aromatic rings. The minimum absolute atomic E-state index is 0.0998. The fourth-order valence-corrected chi connectivity index (χ4v) is 2.26. The molecule has 0 bridgehead atoms. The third-order valence-electron chi connectivity index (χ3n) is 2.67. The van der Waals surface area contributed by atoms with Crippen molar-refractivity contribution in [1.82, 2.24) is 0 Å². The standard InChI is InChI=1S/C11H14BrN3O/c1-14-7-11(16)15(5-4-13)9-3-2-8(12)6-10(9)14/h2-3,6H,4-5,7,13H2,1H3. The summed E-state index contributed by atoms with van der Waals surface area (Å²) in [6, 6.07) is 5.91. The van der Waals surface area contributed by atoms with Crippen LogP contribution in [0.2, 0.25) is 0 Å². The zero-order valence-corrected chi connectivity index (χ0v) is 10.7. The molecule has 0 spiro atoms. The van der Waals surface area contributed by atoms with Gasteiger partial charge in [0.05, 0.1) is 17.9 Å². The SMILES string of the molecule is CN1CC(=O)N(CCN)c2ccc(Br)cc21. The lowest BCUT2D eigenvalue weighted by Crippen LogP contribution is -2.46. The first-order valence-corrected chi connectivity index (χ1v) is 5.94. The zero-order valence-electron chi connectivity index (χ0n) is 9.11. The van der Waals surface area contributed by atoms with Crippen LogP contribution in [0.1, 0.15) is 0 Å². The van der Waals surface area contributed by atoms with Crippen LogP contribution in [0.3, 0.4) is 0 Å². The molecule has 0 saturated carbocycles. The highest BCUT2D eigenvalue weighted by Gasteiger charge is 2.26. The van der Waals surface area contributed by atoms with Crippen molar-refractivity contribution in [2.75, 3.05) is 36.5 Å². The van der Waals surface area contributed by atoms with E-state index in [2.05, 4.69) is 15.9 Å². The molecule has 4 nitrogen and oxygen atoms in total. The first-order chi connectivity index (χ1) is 7.63. The summed E-state index contributed by atoms with van der Waals surface area (Å²) >= 11 is 3.44. The molecule has 2 N–H and O–H groups in total. The normalized spacial score (nSPS) is 15.3. The number of nitrogens with zero attached hydrogens (tertiary/aromatic N) is 2. The summed E-state index contributed by atoms with van der Waals surface area (Å²) in [7, 11) is 1.92. The van der Waals surface area contributed by atoms with Gasteiger partial charge >= 0.3 is 0 Å². The Morgan fingerprint density at radius 3 is 2.88 bits per heavy atom. The highest BCUT2D eigenvalue weighted by atomic mass is 79.9. The van der Waals surface area contributed by atoms with Crippen molar-refractivity contribution in [3.63, 3.8) is 0 Å². The van der Waals surface area contributed by atoms with Gasteiger partial charge in [-0.2, -0.15) is 0 Å². The molecule has 86 valence electrons. The van der Waals surface area contributed by atoms with Crippen molar-refractivity contribution in [2.45, 2.75) is 0 Å². The molecule has 1 aromatic carbocycles. The van der Waals surface area contributed by atoms with E-state index >= 15 is 0 Å². The molecule has 0 unspecified atom stereocenters. The molecule has 0 radical (unpaired) electrons. The van der Waals surface area contributed by atoms with E-state index in [1.54, 1.807) is 4.90 Å². The van der Waals surface area contributed by atoms with Crippen molar-refractivity contribution >= 4 is 33.2 Å². The summed E-state index contributed by atoms with van der Waals surface area (Å²) in [4.78, 5) is 15.6. The van der Waals surface area contributed by atoms with Gasteiger partial charge in [-0.1, -0.05) is 15.9 Å². The summed E-state index contributed by atoms with van der Waals surface area (Å²) in [6.45, 7) is 1.45. The minimum Gasteiger partial charge on any atom is -0.364 e. The van der Waals surface area contributed by atoms with Crippen molar-refractivity contribution in [1.29, 1.82) is 0 Å². The van der Waals surface area contributed by atoms with Gasteiger partial charge in [-0.25, -0.2) is 0 Å². The van der Waals surface area contributed by atoms with E-state index in [4.69, 9.17) is 5.73 Å². The Morgan fingerprint density at radius 2 is 2.19 bits per heavy atom. The Kier molecular flexibility index (Phi) is 3.16. The van der Waals surface area contributed by atoms with Gasteiger partial charge in [-0.15, -0.1) is 0 Å². The monoisotopic (exact) mass is 283 g/mol. The van der Waals surface area contributed by atoms with Crippen LogP contribution in [0.5, 0.6) is 0 Å². The molecule has 1 heterocycles. The summed E-state index contributed by atoms with van der Waals surface area (Å²) in [6.07, 6.45) is 0. The number of amides is 1. The van der Waals surface area contributed by atoms with Crippen LogP contribution in [-0.4, -0.2) is 32.6 Å². The minimum atomic E-state index is 0.0998. The smallest absolute Gasteiger partial charge is 0.246 e. The van der Waals surface area contributed by atoms with Crippen LogP contribution in [-0.2, 0) is 4.79 Å². The largest absolute Gasteiger partial charge is 0.364 e. The third kappa shape index (κ3) is 1.92. The van der Waals surface area contributed by atoms with E-state index in [0.29, 0.717) is 19.6 Å². The molecule has 0 atom stereocenters. The van der Waals surface area contributed by atoms with Crippen molar-refractivity contribution in [3.8, 4) is 0 Å². The van der Waals surface area contributed by atoms with Crippen LogP contribution >= 0.6 is 15.9 Å². The van der Waals surface area contributed by atoms with Crippen molar-refractivity contribution in [2.24, 2.45) is 5.73 Å². The number of benzene rings is 1. The van der Waals surface area contributed by atoms with Gasteiger partial charge < -0.3 is 15.5 Å². The molecule has 1 aliphatic rings. The van der Waals surface area contributed by atoms with E-state index in [0.717, 1.165) is 15.8 Å². The number of likely N-dealkylation sites (N-methyl/N-ethyl adjacent to an activating group) is 1. The first-order valence-electron chi connectivity index (χ1n) is 5.14. The Bertz CT molecular complexity index is 422. The number of rotatable bonds is 2. The maximum atomic E-state index is 11.9. The summed E-state index contributed by atoms with van der Waals surface area (Å²) in [5.41, 5.74) is 7.52. The predicted molar refractivity (Wildman–Crippen MR) is 68.8 cm³/mol. The second-order valence-electron chi connectivity index (χ2n) is 3.82. The van der Waals surface area contributed by atoms with Gasteiger partial charge in [0.1, 0.15) is 0 Å². The van der Waals surface area contributed by atoms with E-state index in [-0.39, 0.29) is 5.91 Å². The van der Waals surface area contributed by atoms with E-state index in [1.807, 2.05) is 30.1 Å². The van der Waals surface area contributed by atoms with Crippen LogP contribution < -0.4 is 15.5 Å². The van der Waals surface area contributed by atoms with Crippen LogP contribution in [0, 0.1) is 0 Å². The molecular weight excluding hydrogens is 270 g/mol. The highest BCUT2D eigenvalue weighted by Crippen LogP contribution is 2.34. The molecule has 1 aliphatic heterocycles. The number of anilines is 2. The number of carbonyl (C=O) groups excluding carboxylic acids is 1. The average Bonchev–Trinajstić information content (AvgIpc) is 2.24. The number of halogens is 1. The van der Waals surface area contributed by atoms with Gasteiger partial charge in [-0.05, 0) is 18.2 Å². The zero-order chi connectivity index (χ0) is 11.7. The second-order valence-corrected chi connectivity index (χ2v) is 4.74. The Labute approximate surface area is 103 Å². The van der Waals surface area contributed by atoms with Crippen molar-refractivity contribution < 1.29 is 4.79 Å². The number of nitrogens with two attached hydrogens (primary N) is 1. The Hall–Kier alpha value is -1.07. The number of hydrogen-bond acceptors (Lipinski definition) is 3. The van der Waals surface area contributed by atoms with Crippen LogP contribution in [0.25, 0.3) is 0 Å². The van der Waals surface area contributed by atoms with Gasteiger partial charge in [0.25, 0.3) is 0 Å². The van der Waals surface area contributed by atoms with Gasteiger partial charge in [0, 0.05) is 24.6 Å². The molecule has 0 saturated heterocycles. The van der Waals surface area contributed by atoms with E-state index in [1.165, 1.54) is 0 Å². The van der Waals surface area contributed by atoms with E-state index in [9.17, 15) is 4.79 Å². The molecule has 0 aromatic heterocycles. The number of hydrogen-bond donors (Lipinski definition) is 1. The second kappa shape index (κ2) is 4.43. The lowest BCUT2D eigenvalue weighted by Gasteiger charge is -2.35. The van der Waals surface area contributed by atoms with Crippen LogP contribution in [0.15, 0.2) is 22.7 Å². The molecule has 0 aliphatic carbocycles. The Balaban J connectivity index is 2.46. The summed E-state index contributed by atoms with van der Waals surface area (Å²) in [5, 5.41) is 0. The maximum absolute atomic E-state index is 11.9. The molecule has 0 fully saturated rings. The molecule has 1 amide bonds. The third-order valence-corrected chi connectivity index (χ3v) is 3.16. The number of fused-ring (bicyclic) bond motifs is 1. The topological polar surface area (TPSA) is 49.6 Å². The maximum Gasteiger partial charge on any atom is 0.246 e. The van der Waals surface area contributed by atoms with Gasteiger partial charge in [0.2, 0.25) is 5.91 Å². The quantitative estimate of drug-likeness (QED) is 0.887. The molecule has 5 heteroatoms. The van der Waals surface area contributed by atoms with E-state index < -0.39 is 0 Å². The Morgan fingerprint density at radius 1 is 1.44 bits per heavy atom. The number of carbonyl (C=O) groups is 1. The highest BCUT2D eigenvalue weighted by molar-refractivity contribution is 9.10. The summed E-state index contributed by atoms with van der Waals surface area (Å²) in [5.74, 6) is 0.0998. The fourth-order valence-electron chi connectivity index (χ4n) is 1.91.